The van der Waals surface area contributed by atoms with E-state index in [1.54, 1.807) is 0 Å². The fourth-order valence-corrected chi connectivity index (χ4v) is 2.09. The molecule has 0 saturated carbocycles. The van der Waals surface area contributed by atoms with E-state index in [-0.39, 0.29) is 22.4 Å². The Hall–Kier alpha value is -2.96. The number of carbonyl (C=O) groups is 2. The first-order chi connectivity index (χ1) is 9.82. The lowest BCUT2D eigenvalue weighted by molar-refractivity contribution is 0.0980. The summed E-state index contributed by atoms with van der Waals surface area (Å²) in [6.07, 6.45) is 1.15. The zero-order valence-corrected chi connectivity index (χ0v) is 11.1. The number of aryl methyl sites for hydroxylation is 1. The molecular weight excluding hydrogens is 277 g/mol. The molecule has 1 aromatic heterocycles. The van der Waals surface area contributed by atoms with Crippen molar-refractivity contribution in [2.75, 3.05) is 0 Å². The minimum atomic E-state index is -0.921. The van der Waals surface area contributed by atoms with Crippen LogP contribution in [0.25, 0.3) is 11.1 Å². The average Bonchev–Trinajstić information content (AvgIpc) is 2.41. The number of pyridine rings is 1. The van der Waals surface area contributed by atoms with E-state index in [0.717, 1.165) is 18.3 Å². The summed E-state index contributed by atoms with van der Waals surface area (Å²) >= 11 is 0. The third-order valence-corrected chi connectivity index (χ3v) is 3.02. The van der Waals surface area contributed by atoms with Gasteiger partial charge in [0, 0.05) is 13.2 Å². The second kappa shape index (κ2) is 5.20. The van der Waals surface area contributed by atoms with E-state index in [2.05, 4.69) is 0 Å². The number of nitrogens with zero attached hydrogens (tertiary/aromatic N) is 1. The summed E-state index contributed by atoms with van der Waals surface area (Å²) < 4.78 is 14.3. The van der Waals surface area contributed by atoms with E-state index in [9.17, 15) is 18.8 Å². The van der Waals surface area contributed by atoms with E-state index >= 15 is 0 Å². The molecule has 0 aliphatic heterocycles. The highest BCUT2D eigenvalue weighted by Crippen LogP contribution is 2.21. The highest BCUT2D eigenvalue weighted by Gasteiger charge is 2.21. The molecule has 2 aromatic rings. The van der Waals surface area contributed by atoms with Crippen molar-refractivity contribution in [2.45, 2.75) is 0 Å². The first kappa shape index (κ1) is 14.4. The fraction of sp³-hybridized carbons (Fsp3) is 0.0714. The summed E-state index contributed by atoms with van der Waals surface area (Å²) in [5, 5.41) is 0. The molecule has 2 rings (SSSR count). The Morgan fingerprint density at radius 1 is 1.10 bits per heavy atom. The monoisotopic (exact) mass is 289 g/mol. The van der Waals surface area contributed by atoms with Gasteiger partial charge in [-0.05, 0) is 17.7 Å². The molecule has 1 heterocycles. The number of aromatic nitrogens is 1. The maximum absolute atomic E-state index is 13.0. The predicted molar refractivity (Wildman–Crippen MR) is 74.1 cm³/mol. The number of hydrogen-bond acceptors (Lipinski definition) is 3. The van der Waals surface area contributed by atoms with Crippen LogP contribution in [0.3, 0.4) is 0 Å². The highest BCUT2D eigenvalue weighted by molar-refractivity contribution is 6.01. The van der Waals surface area contributed by atoms with Gasteiger partial charge in [-0.1, -0.05) is 12.1 Å². The smallest absolute Gasteiger partial charge is 0.266 e. The molecule has 0 fully saturated rings. The Kier molecular flexibility index (Phi) is 3.58. The Labute approximate surface area is 118 Å². The molecule has 0 bridgehead atoms. The summed E-state index contributed by atoms with van der Waals surface area (Å²) in [5.41, 5.74) is 9.55. The zero-order chi connectivity index (χ0) is 15.7. The molecule has 21 heavy (non-hydrogen) atoms. The van der Waals surface area contributed by atoms with Crippen molar-refractivity contribution < 1.29 is 14.0 Å². The molecule has 0 unspecified atom stereocenters. The molecule has 1 aromatic carbocycles. The van der Waals surface area contributed by atoms with Crippen molar-refractivity contribution in [1.29, 1.82) is 0 Å². The SMILES string of the molecule is Cn1cc(C(N)=O)c(=O)c(-c2ccc(F)cc2)c1C(N)=O. The molecule has 0 radical (unpaired) electrons. The van der Waals surface area contributed by atoms with Crippen LogP contribution in [0.5, 0.6) is 0 Å². The number of carbonyl (C=O) groups excluding carboxylic acids is 2. The summed E-state index contributed by atoms with van der Waals surface area (Å²) in [4.78, 5) is 35.3. The zero-order valence-electron chi connectivity index (χ0n) is 11.1. The fourth-order valence-electron chi connectivity index (χ4n) is 2.09. The Balaban J connectivity index is 2.90. The molecule has 6 nitrogen and oxygen atoms in total. The Bertz CT molecular complexity index is 794. The van der Waals surface area contributed by atoms with Gasteiger partial charge in [-0.25, -0.2) is 4.39 Å². The molecule has 0 aliphatic carbocycles. The first-order valence-corrected chi connectivity index (χ1v) is 5.92. The van der Waals surface area contributed by atoms with E-state index in [4.69, 9.17) is 11.5 Å². The van der Waals surface area contributed by atoms with Crippen molar-refractivity contribution in [3.05, 3.63) is 57.8 Å². The number of amides is 2. The van der Waals surface area contributed by atoms with Gasteiger partial charge in [-0.3, -0.25) is 14.4 Å². The van der Waals surface area contributed by atoms with Gasteiger partial charge in [0.1, 0.15) is 17.1 Å². The van der Waals surface area contributed by atoms with Crippen LogP contribution in [-0.2, 0) is 7.05 Å². The van der Waals surface area contributed by atoms with Crippen LogP contribution in [-0.4, -0.2) is 16.4 Å². The normalized spacial score (nSPS) is 10.4. The highest BCUT2D eigenvalue weighted by atomic mass is 19.1. The van der Waals surface area contributed by atoms with Crippen molar-refractivity contribution in [3.63, 3.8) is 0 Å². The lowest BCUT2D eigenvalue weighted by Crippen LogP contribution is -2.30. The van der Waals surface area contributed by atoms with Crippen molar-refractivity contribution in [3.8, 4) is 11.1 Å². The Morgan fingerprint density at radius 2 is 1.67 bits per heavy atom. The lowest BCUT2D eigenvalue weighted by Gasteiger charge is -2.13. The maximum Gasteiger partial charge on any atom is 0.266 e. The van der Waals surface area contributed by atoms with Gasteiger partial charge < -0.3 is 16.0 Å². The van der Waals surface area contributed by atoms with Gasteiger partial charge in [0.2, 0.25) is 5.43 Å². The predicted octanol–water partition coefficient (Wildman–Crippen LogP) is 0.389. The van der Waals surface area contributed by atoms with Crippen LogP contribution in [0.4, 0.5) is 4.39 Å². The van der Waals surface area contributed by atoms with Gasteiger partial charge in [0.05, 0.1) is 5.56 Å². The number of rotatable bonds is 3. The minimum Gasteiger partial charge on any atom is -0.365 e. The molecule has 0 atom stereocenters. The van der Waals surface area contributed by atoms with Crippen molar-refractivity contribution >= 4 is 11.8 Å². The average molecular weight is 289 g/mol. The van der Waals surface area contributed by atoms with Crippen LogP contribution < -0.4 is 16.9 Å². The van der Waals surface area contributed by atoms with Gasteiger partial charge in [0.25, 0.3) is 11.8 Å². The van der Waals surface area contributed by atoms with Gasteiger partial charge in [0.15, 0.2) is 0 Å². The van der Waals surface area contributed by atoms with E-state index in [1.807, 2.05) is 0 Å². The molecule has 4 N–H and O–H groups in total. The molecular formula is C14H12FN3O3. The van der Waals surface area contributed by atoms with Gasteiger partial charge in [-0.2, -0.15) is 0 Å². The van der Waals surface area contributed by atoms with E-state index < -0.39 is 23.1 Å². The minimum absolute atomic E-state index is 0.0821. The van der Waals surface area contributed by atoms with Crippen molar-refractivity contribution in [1.82, 2.24) is 4.57 Å². The largest absolute Gasteiger partial charge is 0.365 e. The van der Waals surface area contributed by atoms with Gasteiger partial charge >= 0.3 is 0 Å². The van der Waals surface area contributed by atoms with E-state index in [0.29, 0.717) is 0 Å². The number of nitrogens with two attached hydrogens (primary N) is 2. The molecule has 0 aliphatic rings. The summed E-state index contributed by atoms with van der Waals surface area (Å²) in [6.45, 7) is 0. The summed E-state index contributed by atoms with van der Waals surface area (Å²) in [6, 6.07) is 4.92. The topological polar surface area (TPSA) is 108 Å². The maximum atomic E-state index is 13.0. The molecule has 7 heteroatoms. The second-order valence-electron chi connectivity index (χ2n) is 4.44. The first-order valence-electron chi connectivity index (χ1n) is 5.92. The standard InChI is InChI=1S/C14H12FN3O3/c1-18-6-9(13(16)20)12(19)10(11(18)14(17)21)7-2-4-8(15)5-3-7/h2-6H,1H3,(H2,16,20)(H2,17,21). The summed E-state index contributed by atoms with van der Waals surface area (Å²) in [7, 11) is 1.46. The molecule has 0 spiro atoms. The lowest BCUT2D eigenvalue weighted by atomic mass is 10.00. The number of primary amides is 2. The van der Waals surface area contributed by atoms with Crippen LogP contribution in [0, 0.1) is 5.82 Å². The molecule has 108 valence electrons. The second-order valence-corrected chi connectivity index (χ2v) is 4.44. The van der Waals surface area contributed by atoms with Crippen LogP contribution in [0.1, 0.15) is 20.8 Å². The van der Waals surface area contributed by atoms with Gasteiger partial charge in [-0.15, -0.1) is 0 Å². The third kappa shape index (κ3) is 2.53. The van der Waals surface area contributed by atoms with Crippen molar-refractivity contribution in [2.24, 2.45) is 18.5 Å². The number of benzene rings is 1. The molecule has 0 saturated heterocycles. The number of hydrogen-bond donors (Lipinski definition) is 2. The molecule has 2 amide bonds. The summed E-state index contributed by atoms with van der Waals surface area (Å²) in [5.74, 6) is -2.26. The Morgan fingerprint density at radius 3 is 2.14 bits per heavy atom. The van der Waals surface area contributed by atoms with E-state index in [1.165, 1.54) is 23.7 Å². The van der Waals surface area contributed by atoms with Crippen LogP contribution in [0.2, 0.25) is 0 Å². The third-order valence-electron chi connectivity index (χ3n) is 3.02. The van der Waals surface area contributed by atoms with Crippen LogP contribution in [0.15, 0.2) is 35.3 Å². The van der Waals surface area contributed by atoms with Crippen LogP contribution >= 0.6 is 0 Å². The number of halogens is 1. The quantitative estimate of drug-likeness (QED) is 0.853.